The highest BCUT2D eigenvalue weighted by molar-refractivity contribution is 6.30. The maximum absolute atomic E-state index is 11.4. The van der Waals surface area contributed by atoms with Crippen molar-refractivity contribution < 1.29 is 9.53 Å². The van der Waals surface area contributed by atoms with Gasteiger partial charge >= 0.3 is 0 Å². The molecule has 0 amide bonds. The molecule has 0 radical (unpaired) electrons. The average molecular weight is 251 g/mol. The molecule has 0 N–H and O–H groups in total. The van der Waals surface area contributed by atoms with Gasteiger partial charge in [0.1, 0.15) is 5.75 Å². The van der Waals surface area contributed by atoms with E-state index >= 15 is 0 Å². The van der Waals surface area contributed by atoms with Crippen LogP contribution in [0.4, 0.5) is 0 Å². The van der Waals surface area contributed by atoms with Gasteiger partial charge < -0.3 is 4.74 Å². The van der Waals surface area contributed by atoms with Crippen LogP contribution in [0.1, 0.15) is 30.7 Å². The van der Waals surface area contributed by atoms with Crippen LogP contribution >= 0.6 is 11.6 Å². The fourth-order valence-electron chi connectivity index (χ4n) is 2.29. The van der Waals surface area contributed by atoms with Gasteiger partial charge in [0.25, 0.3) is 0 Å². The highest BCUT2D eigenvalue weighted by Crippen LogP contribution is 2.39. The van der Waals surface area contributed by atoms with Crippen LogP contribution in [0.5, 0.6) is 5.75 Å². The van der Waals surface area contributed by atoms with E-state index in [0.29, 0.717) is 23.4 Å². The number of methoxy groups -OCH3 is 1. The zero-order chi connectivity index (χ0) is 12.4. The summed E-state index contributed by atoms with van der Waals surface area (Å²) in [6, 6.07) is 5.61. The summed E-state index contributed by atoms with van der Waals surface area (Å²) in [5.74, 6) is 1.30. The van der Waals surface area contributed by atoms with E-state index in [1.165, 1.54) is 0 Å². The van der Waals surface area contributed by atoms with Crippen LogP contribution in [-0.2, 0) is 4.79 Å². The molecule has 2 rings (SSSR count). The average Bonchev–Trinajstić information content (AvgIpc) is 2.32. The summed E-state index contributed by atoms with van der Waals surface area (Å²) in [7, 11) is 1.65. The summed E-state index contributed by atoms with van der Waals surface area (Å²) in [5, 5.41) is 0.698. The standard InChI is InChI=1S/C14H15ClO2/c1-9-7-10(3-5-13(9)16)12-8-11(15)4-6-14(12)17-2/h4,6,8,10H,1,3,5,7H2,2H3. The lowest BCUT2D eigenvalue weighted by Crippen LogP contribution is -2.15. The molecule has 1 aliphatic carbocycles. The van der Waals surface area contributed by atoms with Crippen LogP contribution in [0, 0.1) is 0 Å². The number of hydrogen-bond acceptors (Lipinski definition) is 2. The van der Waals surface area contributed by atoms with E-state index in [1.807, 2.05) is 18.2 Å². The van der Waals surface area contributed by atoms with Gasteiger partial charge in [-0.2, -0.15) is 0 Å². The van der Waals surface area contributed by atoms with Gasteiger partial charge in [0.05, 0.1) is 7.11 Å². The van der Waals surface area contributed by atoms with E-state index in [0.717, 1.165) is 17.7 Å². The lowest BCUT2D eigenvalue weighted by atomic mass is 9.81. The second-order valence-electron chi connectivity index (χ2n) is 4.35. The van der Waals surface area contributed by atoms with Crippen LogP contribution in [0.3, 0.4) is 0 Å². The van der Waals surface area contributed by atoms with Crippen molar-refractivity contribution in [3.63, 3.8) is 0 Å². The molecule has 2 nitrogen and oxygen atoms in total. The van der Waals surface area contributed by atoms with Crippen LogP contribution in [-0.4, -0.2) is 12.9 Å². The summed E-state index contributed by atoms with van der Waals surface area (Å²) >= 11 is 6.01. The zero-order valence-electron chi connectivity index (χ0n) is 9.83. The summed E-state index contributed by atoms with van der Waals surface area (Å²) in [6.07, 6.45) is 2.11. The normalized spacial score (nSPS) is 20.5. The van der Waals surface area contributed by atoms with E-state index in [-0.39, 0.29) is 11.7 Å². The second kappa shape index (κ2) is 4.92. The van der Waals surface area contributed by atoms with E-state index in [4.69, 9.17) is 16.3 Å². The Balaban J connectivity index is 2.30. The molecule has 1 unspecified atom stereocenters. The fourth-order valence-corrected chi connectivity index (χ4v) is 2.47. The maximum atomic E-state index is 11.4. The van der Waals surface area contributed by atoms with Crippen molar-refractivity contribution in [2.24, 2.45) is 0 Å². The first kappa shape index (κ1) is 12.2. The molecule has 90 valence electrons. The largest absolute Gasteiger partial charge is 0.496 e. The SMILES string of the molecule is C=C1CC(c2cc(Cl)ccc2OC)CCC1=O. The molecule has 1 atom stereocenters. The fraction of sp³-hybridized carbons (Fsp3) is 0.357. The molecule has 17 heavy (non-hydrogen) atoms. The summed E-state index contributed by atoms with van der Waals surface area (Å²) < 4.78 is 5.34. The Labute approximate surface area is 106 Å². The third-order valence-electron chi connectivity index (χ3n) is 3.24. The van der Waals surface area contributed by atoms with Crippen molar-refractivity contribution in [2.75, 3.05) is 7.11 Å². The van der Waals surface area contributed by atoms with E-state index in [9.17, 15) is 4.79 Å². The molecule has 0 saturated heterocycles. The van der Waals surface area contributed by atoms with Crippen LogP contribution in [0.2, 0.25) is 5.02 Å². The smallest absolute Gasteiger partial charge is 0.158 e. The number of Topliss-reactive ketones (excluding diaryl/α,β-unsaturated/α-hetero) is 1. The molecule has 1 saturated carbocycles. The molecule has 0 aromatic heterocycles. The number of allylic oxidation sites excluding steroid dienone is 1. The molecule has 0 aliphatic heterocycles. The van der Waals surface area contributed by atoms with Gasteiger partial charge in [-0.25, -0.2) is 0 Å². The van der Waals surface area contributed by atoms with Gasteiger partial charge in [-0.3, -0.25) is 4.79 Å². The Morgan fingerprint density at radius 2 is 2.24 bits per heavy atom. The third-order valence-corrected chi connectivity index (χ3v) is 3.47. The predicted molar refractivity (Wildman–Crippen MR) is 68.7 cm³/mol. The van der Waals surface area contributed by atoms with E-state index in [2.05, 4.69) is 6.58 Å². The zero-order valence-corrected chi connectivity index (χ0v) is 10.6. The summed E-state index contributed by atoms with van der Waals surface area (Å²) in [4.78, 5) is 11.4. The van der Waals surface area contributed by atoms with Crippen molar-refractivity contribution in [2.45, 2.75) is 25.2 Å². The minimum absolute atomic E-state index is 0.183. The van der Waals surface area contributed by atoms with Crippen molar-refractivity contribution in [1.82, 2.24) is 0 Å². The lowest BCUT2D eigenvalue weighted by Gasteiger charge is -2.24. The number of rotatable bonds is 2. The quantitative estimate of drug-likeness (QED) is 0.748. The number of halogens is 1. The van der Waals surface area contributed by atoms with Crippen molar-refractivity contribution in [3.8, 4) is 5.75 Å². The molecule has 1 aliphatic rings. The number of ketones is 1. The summed E-state index contributed by atoms with van der Waals surface area (Å²) in [5.41, 5.74) is 1.79. The molecule has 1 aromatic carbocycles. The second-order valence-corrected chi connectivity index (χ2v) is 4.79. The van der Waals surface area contributed by atoms with Crippen LogP contribution < -0.4 is 4.74 Å². The first-order chi connectivity index (χ1) is 8.11. The predicted octanol–water partition coefficient (Wildman–Crippen LogP) is 3.74. The number of carbonyl (C=O) groups excluding carboxylic acids is 1. The monoisotopic (exact) mass is 250 g/mol. The van der Waals surface area contributed by atoms with Gasteiger partial charge in [-0.15, -0.1) is 0 Å². The Bertz CT molecular complexity index is 465. The molecular weight excluding hydrogens is 236 g/mol. The number of ether oxygens (including phenoxy) is 1. The maximum Gasteiger partial charge on any atom is 0.158 e. The molecule has 0 spiro atoms. The molecule has 0 bridgehead atoms. The van der Waals surface area contributed by atoms with Gasteiger partial charge in [-0.05, 0) is 48.1 Å². The lowest BCUT2D eigenvalue weighted by molar-refractivity contribution is -0.116. The Morgan fingerprint density at radius 1 is 1.47 bits per heavy atom. The molecule has 1 aromatic rings. The minimum Gasteiger partial charge on any atom is -0.496 e. The third kappa shape index (κ3) is 2.52. The molecular formula is C14H15ClO2. The van der Waals surface area contributed by atoms with E-state index in [1.54, 1.807) is 7.11 Å². The number of hydrogen-bond donors (Lipinski definition) is 0. The van der Waals surface area contributed by atoms with Gasteiger partial charge in [0.15, 0.2) is 5.78 Å². The first-order valence-electron chi connectivity index (χ1n) is 5.66. The van der Waals surface area contributed by atoms with Crippen LogP contribution in [0.25, 0.3) is 0 Å². The van der Waals surface area contributed by atoms with E-state index < -0.39 is 0 Å². The Kier molecular flexibility index (Phi) is 3.53. The Hall–Kier alpha value is -1.28. The topological polar surface area (TPSA) is 26.3 Å². The highest BCUT2D eigenvalue weighted by Gasteiger charge is 2.25. The number of carbonyl (C=O) groups is 1. The molecule has 3 heteroatoms. The van der Waals surface area contributed by atoms with Crippen molar-refractivity contribution in [1.29, 1.82) is 0 Å². The van der Waals surface area contributed by atoms with Crippen LogP contribution in [0.15, 0.2) is 30.4 Å². The molecule has 1 fully saturated rings. The van der Waals surface area contributed by atoms with Crippen molar-refractivity contribution >= 4 is 17.4 Å². The minimum atomic E-state index is 0.183. The first-order valence-corrected chi connectivity index (χ1v) is 6.04. The highest BCUT2D eigenvalue weighted by atomic mass is 35.5. The summed E-state index contributed by atoms with van der Waals surface area (Å²) in [6.45, 7) is 3.83. The molecule has 0 heterocycles. The Morgan fingerprint density at radius 3 is 2.88 bits per heavy atom. The number of benzene rings is 1. The van der Waals surface area contributed by atoms with Gasteiger partial charge in [-0.1, -0.05) is 18.2 Å². The van der Waals surface area contributed by atoms with Gasteiger partial charge in [0.2, 0.25) is 0 Å². The van der Waals surface area contributed by atoms with Crippen molar-refractivity contribution in [3.05, 3.63) is 40.9 Å². The van der Waals surface area contributed by atoms with Gasteiger partial charge in [0, 0.05) is 11.4 Å².